The van der Waals surface area contributed by atoms with Crippen LogP contribution in [-0.4, -0.2) is 36.2 Å². The van der Waals surface area contributed by atoms with Gasteiger partial charge in [0.25, 0.3) is 0 Å². The SMILES string of the molecule is CC1CC(NC(=O)NC2CC2)CN(c2ccc(C(F)(F)F)c3ncccc23)C1. The number of aromatic nitrogens is 1. The van der Waals surface area contributed by atoms with Crippen LogP contribution in [-0.2, 0) is 6.18 Å². The van der Waals surface area contributed by atoms with Crippen molar-refractivity contribution < 1.29 is 18.0 Å². The minimum absolute atomic E-state index is 0.0401. The molecule has 1 aromatic carbocycles. The first-order valence-corrected chi connectivity index (χ1v) is 9.58. The van der Waals surface area contributed by atoms with E-state index in [2.05, 4.69) is 27.4 Å². The van der Waals surface area contributed by atoms with Crippen LogP contribution in [0.15, 0.2) is 30.5 Å². The molecule has 0 spiro atoms. The summed E-state index contributed by atoms with van der Waals surface area (Å²) >= 11 is 0. The molecule has 1 aromatic heterocycles. The van der Waals surface area contributed by atoms with Crippen LogP contribution in [0.3, 0.4) is 0 Å². The van der Waals surface area contributed by atoms with Crippen molar-refractivity contribution in [2.24, 2.45) is 5.92 Å². The van der Waals surface area contributed by atoms with Gasteiger partial charge in [0.2, 0.25) is 0 Å². The van der Waals surface area contributed by atoms with Crippen molar-refractivity contribution in [3.63, 3.8) is 0 Å². The zero-order chi connectivity index (χ0) is 19.9. The quantitative estimate of drug-likeness (QED) is 0.832. The van der Waals surface area contributed by atoms with Crippen molar-refractivity contribution in [1.29, 1.82) is 0 Å². The number of halogens is 3. The van der Waals surface area contributed by atoms with Crippen molar-refractivity contribution in [3.8, 4) is 0 Å². The van der Waals surface area contributed by atoms with E-state index in [-0.39, 0.29) is 23.6 Å². The number of amides is 2. The van der Waals surface area contributed by atoms with Gasteiger partial charge in [-0.25, -0.2) is 4.79 Å². The summed E-state index contributed by atoms with van der Waals surface area (Å²) in [5.41, 5.74) is -0.0471. The van der Waals surface area contributed by atoms with E-state index < -0.39 is 11.7 Å². The third-order valence-corrected chi connectivity index (χ3v) is 5.30. The Kier molecular flexibility index (Phi) is 4.81. The lowest BCUT2D eigenvalue weighted by Crippen LogP contribution is -2.53. The van der Waals surface area contributed by atoms with Crippen LogP contribution in [0.5, 0.6) is 0 Å². The van der Waals surface area contributed by atoms with Gasteiger partial charge in [-0.3, -0.25) is 4.98 Å². The smallest absolute Gasteiger partial charge is 0.369 e. The lowest BCUT2D eigenvalue weighted by Gasteiger charge is -2.38. The van der Waals surface area contributed by atoms with Crippen molar-refractivity contribution in [2.75, 3.05) is 18.0 Å². The molecule has 8 heteroatoms. The molecule has 150 valence electrons. The van der Waals surface area contributed by atoms with Crippen LogP contribution >= 0.6 is 0 Å². The standard InChI is InChI=1S/C20H23F3N4O/c1-12-9-14(26-19(28)25-13-4-5-13)11-27(10-12)17-7-6-16(20(21,22)23)18-15(17)3-2-8-24-18/h2-3,6-8,12-14H,4-5,9-11H2,1H3,(H2,25,26,28). The number of carbonyl (C=O) groups is 1. The number of hydrogen-bond acceptors (Lipinski definition) is 3. The van der Waals surface area contributed by atoms with Gasteiger partial charge in [-0.15, -0.1) is 0 Å². The van der Waals surface area contributed by atoms with Gasteiger partial charge < -0.3 is 15.5 Å². The maximum Gasteiger partial charge on any atom is 0.418 e. The van der Waals surface area contributed by atoms with E-state index in [0.717, 1.165) is 37.6 Å². The lowest BCUT2D eigenvalue weighted by atomic mass is 9.94. The highest BCUT2D eigenvalue weighted by Gasteiger charge is 2.35. The van der Waals surface area contributed by atoms with Gasteiger partial charge in [0.15, 0.2) is 0 Å². The Bertz CT molecular complexity index is 881. The van der Waals surface area contributed by atoms with Crippen LogP contribution < -0.4 is 15.5 Å². The number of rotatable bonds is 3. The van der Waals surface area contributed by atoms with Gasteiger partial charge in [0.1, 0.15) is 0 Å². The molecule has 4 rings (SSSR count). The number of urea groups is 1. The molecule has 2 heterocycles. The van der Waals surface area contributed by atoms with Crippen molar-refractivity contribution >= 4 is 22.6 Å². The molecule has 1 aliphatic carbocycles. The number of fused-ring (bicyclic) bond motifs is 1. The number of carbonyl (C=O) groups excluding carboxylic acids is 1. The average molecular weight is 392 g/mol. The topological polar surface area (TPSA) is 57.3 Å². The maximum atomic E-state index is 13.4. The summed E-state index contributed by atoms with van der Waals surface area (Å²) in [7, 11) is 0. The molecular weight excluding hydrogens is 369 g/mol. The monoisotopic (exact) mass is 392 g/mol. The van der Waals surface area contributed by atoms with Crippen molar-refractivity contribution in [2.45, 2.75) is 44.4 Å². The predicted octanol–water partition coefficient (Wildman–Crippen LogP) is 3.93. The van der Waals surface area contributed by atoms with Crippen LogP contribution in [0.2, 0.25) is 0 Å². The molecule has 0 radical (unpaired) electrons. The second-order valence-corrected chi connectivity index (χ2v) is 7.86. The highest BCUT2D eigenvalue weighted by molar-refractivity contribution is 5.94. The summed E-state index contributed by atoms with van der Waals surface area (Å²) in [5, 5.41) is 6.42. The Morgan fingerprint density at radius 3 is 2.61 bits per heavy atom. The molecule has 2 fully saturated rings. The van der Waals surface area contributed by atoms with E-state index in [0.29, 0.717) is 17.8 Å². The molecule has 5 nitrogen and oxygen atoms in total. The summed E-state index contributed by atoms with van der Waals surface area (Å²) in [4.78, 5) is 18.2. The molecule has 1 saturated heterocycles. The normalized spacial score (nSPS) is 22.9. The van der Waals surface area contributed by atoms with Crippen LogP contribution in [0.1, 0.15) is 31.7 Å². The van der Waals surface area contributed by atoms with E-state index in [1.807, 2.05) is 0 Å². The summed E-state index contributed by atoms with van der Waals surface area (Å²) in [6.07, 6.45) is -0.195. The minimum atomic E-state index is -4.45. The number of benzene rings is 1. The van der Waals surface area contributed by atoms with Crippen LogP contribution in [0.25, 0.3) is 10.9 Å². The number of pyridine rings is 1. The van der Waals surface area contributed by atoms with E-state index in [1.54, 1.807) is 12.1 Å². The van der Waals surface area contributed by atoms with E-state index in [4.69, 9.17) is 0 Å². The Morgan fingerprint density at radius 2 is 1.89 bits per heavy atom. The molecule has 2 aliphatic rings. The third kappa shape index (κ3) is 4.00. The molecule has 2 N–H and O–H groups in total. The molecular formula is C20H23F3N4O. The van der Waals surface area contributed by atoms with Crippen molar-refractivity contribution in [1.82, 2.24) is 15.6 Å². The number of hydrogen-bond donors (Lipinski definition) is 2. The molecule has 1 saturated carbocycles. The van der Waals surface area contributed by atoms with Gasteiger partial charge in [0, 0.05) is 42.4 Å². The zero-order valence-electron chi connectivity index (χ0n) is 15.6. The molecule has 2 aromatic rings. The van der Waals surface area contributed by atoms with Crippen molar-refractivity contribution in [3.05, 3.63) is 36.0 Å². The number of piperidine rings is 1. The first-order chi connectivity index (χ1) is 13.3. The number of nitrogens with one attached hydrogen (secondary N) is 2. The third-order valence-electron chi connectivity index (χ3n) is 5.30. The van der Waals surface area contributed by atoms with Gasteiger partial charge in [-0.05, 0) is 49.4 Å². The molecule has 2 unspecified atom stereocenters. The second-order valence-electron chi connectivity index (χ2n) is 7.86. The number of nitrogens with zero attached hydrogens (tertiary/aromatic N) is 2. The molecule has 2 amide bonds. The summed E-state index contributed by atoms with van der Waals surface area (Å²) in [5.74, 6) is 0.300. The Morgan fingerprint density at radius 1 is 1.14 bits per heavy atom. The summed E-state index contributed by atoms with van der Waals surface area (Å²) in [6, 6.07) is 6.00. The fourth-order valence-corrected chi connectivity index (χ4v) is 3.96. The lowest BCUT2D eigenvalue weighted by molar-refractivity contribution is -0.136. The first-order valence-electron chi connectivity index (χ1n) is 9.58. The summed E-state index contributed by atoms with van der Waals surface area (Å²) < 4.78 is 40.1. The fourth-order valence-electron chi connectivity index (χ4n) is 3.96. The predicted molar refractivity (Wildman–Crippen MR) is 101 cm³/mol. The number of alkyl halides is 3. The van der Waals surface area contributed by atoms with Crippen LogP contribution in [0, 0.1) is 5.92 Å². The van der Waals surface area contributed by atoms with Gasteiger partial charge in [-0.2, -0.15) is 13.2 Å². The van der Waals surface area contributed by atoms with E-state index in [1.165, 1.54) is 12.3 Å². The molecule has 1 aliphatic heterocycles. The fraction of sp³-hybridized carbons (Fsp3) is 0.500. The second kappa shape index (κ2) is 7.14. The van der Waals surface area contributed by atoms with Crippen LogP contribution in [0.4, 0.5) is 23.7 Å². The van der Waals surface area contributed by atoms with E-state index >= 15 is 0 Å². The Hall–Kier alpha value is -2.51. The van der Waals surface area contributed by atoms with Gasteiger partial charge in [-0.1, -0.05) is 6.92 Å². The Balaban J connectivity index is 1.60. The minimum Gasteiger partial charge on any atom is -0.369 e. The van der Waals surface area contributed by atoms with E-state index in [9.17, 15) is 18.0 Å². The Labute approximate surface area is 161 Å². The average Bonchev–Trinajstić information content (AvgIpc) is 3.43. The maximum absolute atomic E-state index is 13.4. The van der Waals surface area contributed by atoms with Gasteiger partial charge >= 0.3 is 12.2 Å². The highest BCUT2D eigenvalue weighted by atomic mass is 19.4. The molecule has 2 atom stereocenters. The highest BCUT2D eigenvalue weighted by Crippen LogP contribution is 2.38. The number of anilines is 1. The van der Waals surface area contributed by atoms with Gasteiger partial charge in [0.05, 0.1) is 11.1 Å². The molecule has 28 heavy (non-hydrogen) atoms. The zero-order valence-corrected chi connectivity index (χ0v) is 15.6. The largest absolute Gasteiger partial charge is 0.418 e. The first kappa shape index (κ1) is 18.8. The summed E-state index contributed by atoms with van der Waals surface area (Å²) in [6.45, 7) is 3.36. The molecule has 0 bridgehead atoms.